The first-order chi connectivity index (χ1) is 10.1. The highest BCUT2D eigenvalue weighted by Crippen LogP contribution is 2.17. The fourth-order valence-electron chi connectivity index (χ4n) is 2.20. The number of nitrogens with one attached hydrogen (secondary N) is 1. The highest BCUT2D eigenvalue weighted by atomic mass is 35.5. The molecule has 0 spiro atoms. The van der Waals surface area contributed by atoms with Crippen LogP contribution in [0.5, 0.6) is 0 Å². The van der Waals surface area contributed by atoms with Gasteiger partial charge in [0.1, 0.15) is 5.15 Å². The first kappa shape index (κ1) is 16.6. The molecule has 1 aliphatic heterocycles. The van der Waals surface area contributed by atoms with E-state index >= 15 is 0 Å². The smallest absolute Gasteiger partial charge is 0.251 e. The molecular formula is C15H22ClN3OS. The van der Waals surface area contributed by atoms with Crippen molar-refractivity contribution in [3.63, 3.8) is 0 Å². The van der Waals surface area contributed by atoms with E-state index in [-0.39, 0.29) is 11.8 Å². The molecule has 0 atom stereocenters. The first-order valence-electron chi connectivity index (χ1n) is 7.32. The predicted molar refractivity (Wildman–Crippen MR) is 89.4 cm³/mol. The molecule has 2 rings (SSSR count). The summed E-state index contributed by atoms with van der Waals surface area (Å²) in [5, 5.41) is 3.34. The Hall–Kier alpha value is -0.780. The van der Waals surface area contributed by atoms with Gasteiger partial charge in [0.05, 0.1) is 0 Å². The van der Waals surface area contributed by atoms with E-state index in [1.165, 1.54) is 11.5 Å². The van der Waals surface area contributed by atoms with Gasteiger partial charge in [-0.25, -0.2) is 4.98 Å². The van der Waals surface area contributed by atoms with Gasteiger partial charge >= 0.3 is 0 Å². The molecule has 1 aromatic heterocycles. The lowest BCUT2D eigenvalue weighted by molar-refractivity contribution is 0.0948. The summed E-state index contributed by atoms with van der Waals surface area (Å²) in [5.74, 6) is 2.55. The molecule has 1 fully saturated rings. The van der Waals surface area contributed by atoms with Crippen LogP contribution >= 0.6 is 23.4 Å². The van der Waals surface area contributed by atoms with Crippen molar-refractivity contribution in [1.29, 1.82) is 0 Å². The fourth-order valence-corrected chi connectivity index (χ4v) is 3.39. The molecule has 0 bridgehead atoms. The third kappa shape index (κ3) is 5.16. The minimum Gasteiger partial charge on any atom is -0.351 e. The molecule has 4 nitrogen and oxygen atoms in total. The van der Waals surface area contributed by atoms with E-state index in [1.807, 2.05) is 31.7 Å². The summed E-state index contributed by atoms with van der Waals surface area (Å²) in [4.78, 5) is 18.8. The summed E-state index contributed by atoms with van der Waals surface area (Å²) in [6.07, 6.45) is 0. The minimum atomic E-state index is -0.0763. The van der Waals surface area contributed by atoms with Crippen molar-refractivity contribution >= 4 is 29.3 Å². The van der Waals surface area contributed by atoms with Crippen LogP contribution < -0.4 is 5.32 Å². The van der Waals surface area contributed by atoms with Crippen LogP contribution in [0.2, 0.25) is 5.15 Å². The molecule has 0 aromatic carbocycles. The highest BCUT2D eigenvalue weighted by Gasteiger charge is 2.13. The quantitative estimate of drug-likeness (QED) is 0.844. The maximum absolute atomic E-state index is 12.2. The third-order valence-corrected chi connectivity index (χ3v) is 4.62. The molecule has 0 aliphatic carbocycles. The van der Waals surface area contributed by atoms with Gasteiger partial charge in [0, 0.05) is 48.9 Å². The van der Waals surface area contributed by atoms with Crippen molar-refractivity contribution in [3.8, 4) is 0 Å². The van der Waals surface area contributed by atoms with E-state index in [1.54, 1.807) is 6.07 Å². The molecule has 2 heterocycles. The molecule has 116 valence electrons. The molecule has 0 unspecified atom stereocenters. The van der Waals surface area contributed by atoms with Gasteiger partial charge < -0.3 is 5.32 Å². The van der Waals surface area contributed by atoms with Crippen LogP contribution in [0, 0.1) is 0 Å². The number of rotatable bonds is 5. The summed E-state index contributed by atoms with van der Waals surface area (Å²) in [6, 6.07) is 3.45. The van der Waals surface area contributed by atoms with Gasteiger partial charge in [-0.15, -0.1) is 0 Å². The van der Waals surface area contributed by atoms with Crippen LogP contribution in [0.25, 0.3) is 0 Å². The molecule has 21 heavy (non-hydrogen) atoms. The van der Waals surface area contributed by atoms with Crippen LogP contribution in [0.4, 0.5) is 0 Å². The summed E-state index contributed by atoms with van der Waals surface area (Å²) in [7, 11) is 0. The average Bonchev–Trinajstić information content (AvgIpc) is 2.47. The summed E-state index contributed by atoms with van der Waals surface area (Å²) in [5.41, 5.74) is 1.44. The van der Waals surface area contributed by atoms with Crippen molar-refractivity contribution in [1.82, 2.24) is 15.2 Å². The number of aromatic nitrogens is 1. The van der Waals surface area contributed by atoms with E-state index < -0.39 is 0 Å². The van der Waals surface area contributed by atoms with Crippen molar-refractivity contribution in [2.45, 2.75) is 19.8 Å². The number of thioether (sulfide) groups is 1. The fraction of sp³-hybridized carbons (Fsp3) is 0.600. The maximum atomic E-state index is 12.2. The van der Waals surface area contributed by atoms with Crippen LogP contribution in [-0.4, -0.2) is 53.5 Å². The molecule has 1 amide bonds. The number of pyridine rings is 1. The summed E-state index contributed by atoms with van der Waals surface area (Å²) >= 11 is 7.98. The van der Waals surface area contributed by atoms with Crippen molar-refractivity contribution in [3.05, 3.63) is 28.5 Å². The van der Waals surface area contributed by atoms with Crippen molar-refractivity contribution in [2.24, 2.45) is 0 Å². The zero-order valence-electron chi connectivity index (χ0n) is 12.6. The van der Waals surface area contributed by atoms with Crippen molar-refractivity contribution < 1.29 is 4.79 Å². The standard InChI is InChI=1S/C15H22ClN3OS/c1-11(2)13-9-12(10-14(16)18-13)15(20)17-3-4-19-5-7-21-8-6-19/h9-11H,3-8H2,1-2H3,(H,17,20). The average molecular weight is 328 g/mol. The topological polar surface area (TPSA) is 45.2 Å². The molecule has 1 aromatic rings. The predicted octanol–water partition coefficient (Wildman–Crippen LogP) is 2.64. The van der Waals surface area contributed by atoms with Gasteiger partial charge in [-0.3, -0.25) is 9.69 Å². The Morgan fingerprint density at radius 2 is 2.14 bits per heavy atom. The Kier molecular flexibility index (Phi) is 6.33. The zero-order chi connectivity index (χ0) is 15.2. The van der Waals surface area contributed by atoms with E-state index in [2.05, 4.69) is 15.2 Å². The number of nitrogens with zero attached hydrogens (tertiary/aromatic N) is 2. The van der Waals surface area contributed by atoms with E-state index in [4.69, 9.17) is 11.6 Å². The van der Waals surface area contributed by atoms with E-state index in [0.29, 0.717) is 17.3 Å². The number of hydrogen-bond donors (Lipinski definition) is 1. The second kappa shape index (κ2) is 8.01. The van der Waals surface area contributed by atoms with Crippen LogP contribution in [0.1, 0.15) is 35.8 Å². The molecule has 0 saturated carbocycles. The second-order valence-electron chi connectivity index (χ2n) is 5.47. The van der Waals surface area contributed by atoms with Crippen molar-refractivity contribution in [2.75, 3.05) is 37.7 Å². The SMILES string of the molecule is CC(C)c1cc(C(=O)NCCN2CCSCC2)cc(Cl)n1. The molecular weight excluding hydrogens is 306 g/mol. The second-order valence-corrected chi connectivity index (χ2v) is 7.08. The molecule has 1 aliphatic rings. The summed E-state index contributed by atoms with van der Waals surface area (Å²) in [6.45, 7) is 7.87. The Balaban J connectivity index is 1.87. The van der Waals surface area contributed by atoms with Gasteiger partial charge in [-0.1, -0.05) is 25.4 Å². The molecule has 1 N–H and O–H groups in total. The largest absolute Gasteiger partial charge is 0.351 e. The molecule has 6 heteroatoms. The Labute approximate surface area is 135 Å². The van der Waals surface area contributed by atoms with Crippen LogP contribution in [0.15, 0.2) is 12.1 Å². The lowest BCUT2D eigenvalue weighted by atomic mass is 10.1. The van der Waals surface area contributed by atoms with Gasteiger partial charge in [0.2, 0.25) is 0 Å². The highest BCUT2D eigenvalue weighted by molar-refractivity contribution is 7.99. The lowest BCUT2D eigenvalue weighted by Crippen LogP contribution is -2.39. The van der Waals surface area contributed by atoms with Gasteiger partial charge in [-0.2, -0.15) is 11.8 Å². The normalized spacial score (nSPS) is 16.2. The van der Waals surface area contributed by atoms with Gasteiger partial charge in [-0.05, 0) is 18.1 Å². The van der Waals surface area contributed by atoms with E-state index in [9.17, 15) is 4.79 Å². The summed E-state index contributed by atoms with van der Waals surface area (Å²) < 4.78 is 0. The number of hydrogen-bond acceptors (Lipinski definition) is 4. The van der Waals surface area contributed by atoms with Crippen LogP contribution in [-0.2, 0) is 0 Å². The number of carbonyl (C=O) groups is 1. The van der Waals surface area contributed by atoms with Gasteiger partial charge in [0.25, 0.3) is 5.91 Å². The molecule has 0 radical (unpaired) electrons. The number of amides is 1. The Morgan fingerprint density at radius 1 is 1.43 bits per heavy atom. The van der Waals surface area contributed by atoms with Crippen LogP contribution in [0.3, 0.4) is 0 Å². The Morgan fingerprint density at radius 3 is 2.81 bits per heavy atom. The maximum Gasteiger partial charge on any atom is 0.251 e. The third-order valence-electron chi connectivity index (χ3n) is 3.48. The first-order valence-corrected chi connectivity index (χ1v) is 8.85. The number of halogens is 1. The molecule has 1 saturated heterocycles. The number of carbonyl (C=O) groups excluding carboxylic acids is 1. The Bertz CT molecular complexity index is 490. The zero-order valence-corrected chi connectivity index (χ0v) is 14.1. The van der Waals surface area contributed by atoms with Gasteiger partial charge in [0.15, 0.2) is 0 Å². The lowest BCUT2D eigenvalue weighted by Gasteiger charge is -2.26. The van der Waals surface area contributed by atoms with E-state index in [0.717, 1.165) is 25.3 Å². The monoisotopic (exact) mass is 327 g/mol. The minimum absolute atomic E-state index is 0.0763.